The fraction of sp³-hybridized carbons (Fsp3) is 0.812. The van der Waals surface area contributed by atoms with Crippen LogP contribution in [-0.2, 0) is 6.54 Å². The molecule has 1 atom stereocenters. The number of thiazole rings is 1. The van der Waals surface area contributed by atoms with Crippen molar-refractivity contribution in [2.45, 2.75) is 46.6 Å². The average molecular weight is 330 g/mol. The van der Waals surface area contributed by atoms with Crippen LogP contribution in [0.1, 0.15) is 50.6 Å². The number of thioether (sulfide) groups is 1. The highest BCUT2D eigenvalue weighted by Crippen LogP contribution is 2.31. The molecule has 0 spiro atoms. The molecule has 1 N–H and O–H groups in total. The van der Waals surface area contributed by atoms with Crippen LogP contribution in [0, 0.1) is 5.92 Å². The monoisotopic (exact) mass is 329 g/mol. The first-order valence-corrected chi connectivity index (χ1v) is 10.1. The summed E-state index contributed by atoms with van der Waals surface area (Å²) in [5, 5.41) is 4.73. The van der Waals surface area contributed by atoms with Gasteiger partial charge in [0, 0.05) is 30.8 Å². The number of nitrogens with zero attached hydrogens (tertiary/aromatic N) is 2. The molecule has 1 unspecified atom stereocenters. The Morgan fingerprint density at radius 1 is 1.33 bits per heavy atom. The zero-order valence-electron chi connectivity index (χ0n) is 14.4. The van der Waals surface area contributed by atoms with E-state index in [2.05, 4.69) is 51.2 Å². The van der Waals surface area contributed by atoms with Crippen LogP contribution < -0.4 is 10.2 Å². The minimum absolute atomic E-state index is 0.541. The molecular weight excluding hydrogens is 298 g/mol. The quantitative estimate of drug-likeness (QED) is 0.696. The van der Waals surface area contributed by atoms with Crippen molar-refractivity contribution in [3.8, 4) is 0 Å². The molecule has 0 radical (unpaired) electrons. The molecule has 0 fully saturated rings. The first-order chi connectivity index (χ1) is 9.99. The molecule has 0 aromatic carbocycles. The van der Waals surface area contributed by atoms with Crippen LogP contribution in [0.25, 0.3) is 0 Å². The maximum Gasteiger partial charge on any atom is 0.185 e. The zero-order chi connectivity index (χ0) is 15.8. The Morgan fingerprint density at radius 2 is 2.05 bits per heavy atom. The molecule has 0 amide bonds. The lowest BCUT2D eigenvalue weighted by Gasteiger charge is -2.14. The van der Waals surface area contributed by atoms with Gasteiger partial charge in [0.1, 0.15) is 0 Å². The lowest BCUT2D eigenvalue weighted by atomic mass is 10.0. The van der Waals surface area contributed by atoms with Crippen molar-refractivity contribution in [2.24, 2.45) is 5.92 Å². The van der Waals surface area contributed by atoms with Gasteiger partial charge in [-0.3, -0.25) is 0 Å². The summed E-state index contributed by atoms with van der Waals surface area (Å²) in [6, 6.07) is 0. The van der Waals surface area contributed by atoms with Gasteiger partial charge in [-0.2, -0.15) is 11.8 Å². The van der Waals surface area contributed by atoms with E-state index >= 15 is 0 Å². The summed E-state index contributed by atoms with van der Waals surface area (Å²) in [4.78, 5) is 8.63. The Kier molecular flexibility index (Phi) is 8.67. The van der Waals surface area contributed by atoms with Crippen LogP contribution >= 0.6 is 23.1 Å². The van der Waals surface area contributed by atoms with Crippen LogP contribution in [0.4, 0.5) is 5.13 Å². The van der Waals surface area contributed by atoms with Gasteiger partial charge in [-0.1, -0.05) is 27.7 Å². The summed E-state index contributed by atoms with van der Waals surface area (Å²) in [7, 11) is 2.15. The van der Waals surface area contributed by atoms with Gasteiger partial charge in [0.2, 0.25) is 0 Å². The van der Waals surface area contributed by atoms with E-state index in [0.29, 0.717) is 11.8 Å². The van der Waals surface area contributed by atoms with Crippen molar-refractivity contribution in [2.75, 3.05) is 37.0 Å². The first-order valence-electron chi connectivity index (χ1n) is 7.89. The lowest BCUT2D eigenvalue weighted by molar-refractivity contribution is 0.551. The minimum Gasteiger partial charge on any atom is -0.350 e. The molecule has 0 aliphatic heterocycles. The van der Waals surface area contributed by atoms with Crippen LogP contribution in [0.3, 0.4) is 0 Å². The van der Waals surface area contributed by atoms with Gasteiger partial charge in [-0.15, -0.1) is 11.3 Å². The third kappa shape index (κ3) is 6.17. The van der Waals surface area contributed by atoms with Crippen molar-refractivity contribution in [1.82, 2.24) is 10.3 Å². The van der Waals surface area contributed by atoms with Crippen LogP contribution in [0.15, 0.2) is 0 Å². The first kappa shape index (κ1) is 18.8. The van der Waals surface area contributed by atoms with Crippen molar-refractivity contribution < 1.29 is 0 Å². The van der Waals surface area contributed by atoms with E-state index in [1.165, 1.54) is 15.7 Å². The fourth-order valence-corrected chi connectivity index (χ4v) is 3.61. The Morgan fingerprint density at radius 3 is 2.62 bits per heavy atom. The highest BCUT2D eigenvalue weighted by Gasteiger charge is 2.17. The Balaban J connectivity index is 2.80. The molecule has 21 heavy (non-hydrogen) atoms. The number of nitrogens with one attached hydrogen (secondary N) is 1. The second kappa shape index (κ2) is 9.70. The Hall–Kier alpha value is -0.260. The molecule has 0 bridgehead atoms. The highest BCUT2D eigenvalue weighted by atomic mass is 32.2. The molecule has 1 heterocycles. The normalized spacial score (nSPS) is 12.9. The standard InChI is InChI=1S/C16H31N3S2/c1-7-13(4)15-14(11-17-10-12(2)3)21-16(18-15)19(5)8-9-20-6/h12-13,17H,7-11H2,1-6H3. The Bertz CT molecular complexity index is 404. The SMILES string of the molecule is CCC(C)c1nc(N(C)CCSC)sc1CNCC(C)C. The zero-order valence-corrected chi connectivity index (χ0v) is 16.0. The third-order valence-electron chi connectivity index (χ3n) is 3.59. The largest absolute Gasteiger partial charge is 0.350 e. The number of hydrogen-bond donors (Lipinski definition) is 1. The predicted molar refractivity (Wildman–Crippen MR) is 99.0 cm³/mol. The number of hydrogen-bond acceptors (Lipinski definition) is 5. The average Bonchev–Trinajstić information content (AvgIpc) is 2.87. The van der Waals surface area contributed by atoms with E-state index < -0.39 is 0 Å². The van der Waals surface area contributed by atoms with Gasteiger partial charge in [0.25, 0.3) is 0 Å². The predicted octanol–water partition coefficient (Wildman–Crippen LogP) is 4.20. The summed E-state index contributed by atoms with van der Waals surface area (Å²) < 4.78 is 0. The Labute approximate surface area is 138 Å². The smallest absolute Gasteiger partial charge is 0.185 e. The van der Waals surface area contributed by atoms with Crippen molar-refractivity contribution >= 4 is 28.2 Å². The summed E-state index contributed by atoms with van der Waals surface area (Å²) in [6.07, 6.45) is 3.30. The van der Waals surface area contributed by atoms with Crippen LogP contribution in [-0.4, -0.2) is 37.1 Å². The van der Waals surface area contributed by atoms with Gasteiger partial charge >= 0.3 is 0 Å². The topological polar surface area (TPSA) is 28.2 Å². The number of rotatable bonds is 10. The molecular formula is C16H31N3S2. The van der Waals surface area contributed by atoms with E-state index in [4.69, 9.17) is 4.98 Å². The molecule has 5 heteroatoms. The van der Waals surface area contributed by atoms with Gasteiger partial charge in [-0.05, 0) is 31.1 Å². The maximum absolute atomic E-state index is 4.93. The molecule has 3 nitrogen and oxygen atoms in total. The van der Waals surface area contributed by atoms with Crippen molar-refractivity contribution in [3.05, 3.63) is 10.6 Å². The summed E-state index contributed by atoms with van der Waals surface area (Å²) in [6.45, 7) is 12.1. The lowest BCUT2D eigenvalue weighted by Crippen LogP contribution is -2.19. The molecule has 122 valence electrons. The third-order valence-corrected chi connectivity index (χ3v) is 5.37. The van der Waals surface area contributed by atoms with E-state index in [-0.39, 0.29) is 0 Å². The second-order valence-corrected chi connectivity index (χ2v) is 8.10. The fourth-order valence-electron chi connectivity index (χ4n) is 2.02. The van der Waals surface area contributed by atoms with Gasteiger partial charge in [-0.25, -0.2) is 4.98 Å². The van der Waals surface area contributed by atoms with E-state index in [0.717, 1.165) is 31.8 Å². The number of anilines is 1. The molecule has 1 aromatic rings. The summed E-state index contributed by atoms with van der Waals surface area (Å²) in [5.41, 5.74) is 1.30. The summed E-state index contributed by atoms with van der Waals surface area (Å²) in [5.74, 6) is 2.38. The summed E-state index contributed by atoms with van der Waals surface area (Å²) >= 11 is 3.74. The number of aromatic nitrogens is 1. The second-order valence-electron chi connectivity index (χ2n) is 6.05. The molecule has 1 aromatic heterocycles. The van der Waals surface area contributed by atoms with Crippen LogP contribution in [0.5, 0.6) is 0 Å². The van der Waals surface area contributed by atoms with Crippen molar-refractivity contribution in [3.63, 3.8) is 0 Å². The van der Waals surface area contributed by atoms with E-state index in [9.17, 15) is 0 Å². The van der Waals surface area contributed by atoms with Gasteiger partial charge < -0.3 is 10.2 Å². The molecule has 1 rings (SSSR count). The molecule has 0 aliphatic rings. The van der Waals surface area contributed by atoms with Gasteiger partial charge in [0.15, 0.2) is 5.13 Å². The minimum atomic E-state index is 0.541. The molecule has 0 aliphatic carbocycles. The van der Waals surface area contributed by atoms with Crippen molar-refractivity contribution in [1.29, 1.82) is 0 Å². The maximum atomic E-state index is 4.93. The van der Waals surface area contributed by atoms with Crippen LogP contribution in [0.2, 0.25) is 0 Å². The molecule has 0 saturated carbocycles. The highest BCUT2D eigenvalue weighted by molar-refractivity contribution is 7.98. The molecule has 0 saturated heterocycles. The van der Waals surface area contributed by atoms with E-state index in [1.54, 1.807) is 0 Å². The van der Waals surface area contributed by atoms with E-state index in [1.807, 2.05) is 23.1 Å². The van der Waals surface area contributed by atoms with Gasteiger partial charge in [0.05, 0.1) is 5.69 Å².